The molecule has 4 aromatic rings. The van der Waals surface area contributed by atoms with Crippen molar-refractivity contribution in [2.75, 3.05) is 11.1 Å². The number of amides is 1. The van der Waals surface area contributed by atoms with Gasteiger partial charge in [0.1, 0.15) is 5.52 Å². The molecule has 4 rings (SSSR count). The summed E-state index contributed by atoms with van der Waals surface area (Å²) in [5.41, 5.74) is 3.03. The summed E-state index contributed by atoms with van der Waals surface area (Å²) in [4.78, 5) is 16.6. The number of hydrogen-bond donors (Lipinski definition) is 1. The van der Waals surface area contributed by atoms with E-state index in [1.807, 2.05) is 36.4 Å². The quantitative estimate of drug-likeness (QED) is 0.394. The number of aryl methyl sites for hydroxylation is 1. The van der Waals surface area contributed by atoms with Gasteiger partial charge in [0.15, 0.2) is 18.6 Å². The van der Waals surface area contributed by atoms with Crippen LogP contribution in [-0.2, 0) is 11.8 Å². The number of nitrogens with zero attached hydrogens (tertiary/aromatic N) is 3. The molecule has 142 valence electrons. The normalized spacial score (nSPS) is 11.0. The lowest BCUT2D eigenvalue weighted by atomic mass is 10.2. The van der Waals surface area contributed by atoms with Gasteiger partial charge in [-0.15, -0.1) is 0 Å². The van der Waals surface area contributed by atoms with E-state index < -0.39 is 5.95 Å². The molecule has 28 heavy (non-hydrogen) atoms. The lowest BCUT2D eigenvalue weighted by Gasteiger charge is -2.05. The molecular formula is C19H16N4O4S. The smallest absolute Gasteiger partial charge is 0.290 e. The second-order valence-electron chi connectivity index (χ2n) is 6.00. The van der Waals surface area contributed by atoms with Gasteiger partial charge in [0.2, 0.25) is 11.8 Å². The van der Waals surface area contributed by atoms with Gasteiger partial charge in [-0.1, -0.05) is 28.6 Å². The Morgan fingerprint density at radius 1 is 1.21 bits per heavy atom. The molecule has 9 heteroatoms. The first-order valence-electron chi connectivity index (χ1n) is 8.52. The van der Waals surface area contributed by atoms with Crippen molar-refractivity contribution in [2.24, 2.45) is 7.05 Å². The summed E-state index contributed by atoms with van der Waals surface area (Å²) in [6.07, 6.45) is 0.252. The molecular weight excluding hydrogens is 380 g/mol. The van der Waals surface area contributed by atoms with Gasteiger partial charge in [-0.05, 0) is 36.4 Å². The van der Waals surface area contributed by atoms with E-state index >= 15 is 0 Å². The molecule has 2 aromatic heterocycles. The molecule has 0 saturated carbocycles. The van der Waals surface area contributed by atoms with Gasteiger partial charge in [0.05, 0.1) is 5.27 Å². The highest BCUT2D eigenvalue weighted by Gasteiger charge is 2.14. The van der Waals surface area contributed by atoms with Crippen LogP contribution in [0.15, 0.2) is 62.5 Å². The fourth-order valence-electron chi connectivity index (χ4n) is 2.61. The molecule has 0 aliphatic carbocycles. The fourth-order valence-corrected chi connectivity index (χ4v) is 3.47. The minimum Gasteiger partial charge on any atom is -0.538 e. The molecule has 2 aromatic carbocycles. The first-order valence-corrected chi connectivity index (χ1v) is 9.50. The number of fused-ring (bicyclic) bond motifs is 1. The number of rotatable bonds is 6. The largest absolute Gasteiger partial charge is 0.538 e. The molecule has 0 atom stereocenters. The van der Waals surface area contributed by atoms with E-state index in [0.717, 1.165) is 16.7 Å². The van der Waals surface area contributed by atoms with Crippen molar-refractivity contribution >= 4 is 34.5 Å². The van der Waals surface area contributed by atoms with Gasteiger partial charge in [0, 0.05) is 23.4 Å². The monoisotopic (exact) mass is 396 g/mol. The summed E-state index contributed by atoms with van der Waals surface area (Å²) in [7, 11) is 1.62. The maximum Gasteiger partial charge on any atom is 0.290 e. The first kappa shape index (κ1) is 18.1. The Balaban J connectivity index is 1.34. The summed E-state index contributed by atoms with van der Waals surface area (Å²) >= 11 is 1.23. The number of anilines is 1. The highest BCUT2D eigenvalue weighted by atomic mass is 32.2. The second kappa shape index (κ2) is 7.73. The van der Waals surface area contributed by atoms with Crippen LogP contribution in [0.4, 0.5) is 5.69 Å². The van der Waals surface area contributed by atoms with Gasteiger partial charge in [-0.25, -0.2) is 4.98 Å². The van der Waals surface area contributed by atoms with E-state index in [1.54, 1.807) is 19.2 Å². The Morgan fingerprint density at radius 2 is 2.00 bits per heavy atom. The number of benzene rings is 2. The minimum atomic E-state index is -0.498. The van der Waals surface area contributed by atoms with Crippen molar-refractivity contribution in [1.29, 1.82) is 0 Å². The number of carbonyl (C=O) groups excluding carboxylic acids is 1. The lowest BCUT2D eigenvalue weighted by molar-refractivity contribution is -0.772. The molecule has 0 spiro atoms. The van der Waals surface area contributed by atoms with Crippen LogP contribution >= 0.6 is 11.8 Å². The first-order chi connectivity index (χ1) is 13.6. The number of aromatic nitrogens is 3. The Kier molecular flexibility index (Phi) is 4.98. The average molecular weight is 396 g/mol. The van der Waals surface area contributed by atoms with Crippen LogP contribution in [0, 0.1) is 0 Å². The molecule has 1 amide bonds. The standard InChI is InChI=1S/C19H16N4O4S/c1-23-18(19(25)27-22-23)28-11-10-16(24)20-13-8-6-12(7-9-13)17-21-14-4-2-3-5-15(14)26-17/h2-9H,10-11H2,1H3,(H-,20,21,22,24,25). The summed E-state index contributed by atoms with van der Waals surface area (Å²) in [6, 6.07) is 14.8. The van der Waals surface area contributed by atoms with Gasteiger partial charge in [0.25, 0.3) is 5.03 Å². The molecule has 0 bridgehead atoms. The van der Waals surface area contributed by atoms with Gasteiger partial charge in [-0.3, -0.25) is 4.79 Å². The minimum absolute atomic E-state index is 0.145. The van der Waals surface area contributed by atoms with Crippen molar-refractivity contribution in [3.63, 3.8) is 0 Å². The topological polar surface area (TPSA) is 108 Å². The predicted molar refractivity (Wildman–Crippen MR) is 101 cm³/mol. The van der Waals surface area contributed by atoms with Crippen molar-refractivity contribution in [3.05, 3.63) is 48.5 Å². The second-order valence-corrected chi connectivity index (χ2v) is 7.08. The maximum atomic E-state index is 12.1. The van der Waals surface area contributed by atoms with Crippen LogP contribution in [0.5, 0.6) is 5.95 Å². The van der Waals surface area contributed by atoms with E-state index in [-0.39, 0.29) is 12.3 Å². The van der Waals surface area contributed by atoms with Crippen molar-refractivity contribution in [3.8, 4) is 17.4 Å². The molecule has 0 fully saturated rings. The number of oxazole rings is 1. The summed E-state index contributed by atoms with van der Waals surface area (Å²) in [5, 5.41) is 18.2. The van der Waals surface area contributed by atoms with Crippen LogP contribution in [-0.4, -0.2) is 21.9 Å². The predicted octanol–water partition coefficient (Wildman–Crippen LogP) is 2.50. The molecule has 0 aliphatic heterocycles. The van der Waals surface area contributed by atoms with Gasteiger partial charge >= 0.3 is 0 Å². The van der Waals surface area contributed by atoms with Crippen molar-refractivity contribution in [1.82, 2.24) is 10.3 Å². The van der Waals surface area contributed by atoms with E-state index in [4.69, 9.17) is 4.42 Å². The zero-order valence-electron chi connectivity index (χ0n) is 14.9. The molecule has 2 heterocycles. The van der Waals surface area contributed by atoms with Crippen LogP contribution in [0.3, 0.4) is 0 Å². The molecule has 0 radical (unpaired) electrons. The van der Waals surface area contributed by atoms with E-state index in [1.165, 1.54) is 16.4 Å². The van der Waals surface area contributed by atoms with Crippen molar-refractivity contribution < 1.29 is 23.5 Å². The van der Waals surface area contributed by atoms with E-state index in [0.29, 0.717) is 22.4 Å². The zero-order chi connectivity index (χ0) is 19.5. The Hall–Kier alpha value is -3.33. The van der Waals surface area contributed by atoms with Crippen LogP contribution in [0.25, 0.3) is 22.6 Å². The SMILES string of the molecule is C[n+]1noc([O-])c1SCCC(=O)Nc1ccc(-c2nc3ccccc3o2)cc1. The zero-order valence-corrected chi connectivity index (χ0v) is 15.7. The molecule has 8 nitrogen and oxygen atoms in total. The summed E-state index contributed by atoms with van der Waals surface area (Å²) in [6.45, 7) is 0. The lowest BCUT2D eigenvalue weighted by Crippen LogP contribution is -2.32. The Labute approximate surface area is 164 Å². The number of carbonyl (C=O) groups is 1. The number of hydrogen-bond acceptors (Lipinski definition) is 7. The van der Waals surface area contributed by atoms with Crippen molar-refractivity contribution in [2.45, 2.75) is 11.4 Å². The Bertz CT molecular complexity index is 1070. The number of para-hydroxylation sites is 2. The van der Waals surface area contributed by atoms with Gasteiger partial charge in [-0.2, -0.15) is 0 Å². The number of thioether (sulfide) groups is 1. The summed E-state index contributed by atoms with van der Waals surface area (Å²) in [5.74, 6) is 0.332. The van der Waals surface area contributed by atoms with E-state index in [9.17, 15) is 9.90 Å². The van der Waals surface area contributed by atoms with Gasteiger partial charge < -0.3 is 19.4 Å². The third kappa shape index (κ3) is 3.84. The maximum absolute atomic E-state index is 12.1. The third-order valence-electron chi connectivity index (χ3n) is 3.99. The highest BCUT2D eigenvalue weighted by Crippen LogP contribution is 2.25. The number of nitrogens with one attached hydrogen (secondary N) is 1. The molecule has 1 N–H and O–H groups in total. The molecule has 0 saturated heterocycles. The van der Waals surface area contributed by atoms with Crippen LogP contribution in [0.1, 0.15) is 6.42 Å². The van der Waals surface area contributed by atoms with E-state index in [2.05, 4.69) is 20.1 Å². The summed E-state index contributed by atoms with van der Waals surface area (Å²) < 4.78 is 11.6. The third-order valence-corrected chi connectivity index (χ3v) is 5.10. The Morgan fingerprint density at radius 3 is 2.71 bits per heavy atom. The molecule has 0 aliphatic rings. The van der Waals surface area contributed by atoms with Crippen LogP contribution in [0.2, 0.25) is 0 Å². The molecule has 0 unspecified atom stereocenters. The fraction of sp³-hybridized carbons (Fsp3) is 0.158. The average Bonchev–Trinajstić information content (AvgIpc) is 3.27. The highest BCUT2D eigenvalue weighted by molar-refractivity contribution is 7.99. The van der Waals surface area contributed by atoms with Crippen LogP contribution < -0.4 is 15.1 Å².